The zero-order valence-electron chi connectivity index (χ0n) is 19.6. The summed E-state index contributed by atoms with van der Waals surface area (Å²) < 4.78 is 16.9. The number of piperazine rings is 1. The maximum absolute atomic E-state index is 13.0. The number of carbonyl (C=O) groups excluding carboxylic acids is 1. The lowest BCUT2D eigenvalue weighted by molar-refractivity contribution is 0.0746. The molecule has 0 saturated carbocycles. The van der Waals surface area contributed by atoms with Crippen molar-refractivity contribution >= 4 is 22.7 Å². The Morgan fingerprint density at radius 1 is 0.971 bits per heavy atom. The highest BCUT2D eigenvalue weighted by molar-refractivity contribution is 5.94. The van der Waals surface area contributed by atoms with Crippen molar-refractivity contribution in [3.63, 3.8) is 0 Å². The molecule has 35 heavy (non-hydrogen) atoms. The number of carbonyl (C=O) groups is 1. The summed E-state index contributed by atoms with van der Waals surface area (Å²) in [5.74, 6) is 2.42. The Kier molecular flexibility index (Phi) is 6.10. The highest BCUT2D eigenvalue weighted by atomic mass is 16.5. The van der Waals surface area contributed by atoms with E-state index in [0.29, 0.717) is 46.9 Å². The van der Waals surface area contributed by atoms with Crippen molar-refractivity contribution < 1.29 is 18.7 Å². The molecule has 1 aliphatic rings. The average molecular weight is 472 g/mol. The Balaban J connectivity index is 1.28. The van der Waals surface area contributed by atoms with Crippen LogP contribution in [0.5, 0.6) is 17.2 Å². The Morgan fingerprint density at radius 2 is 1.71 bits per heavy atom. The fourth-order valence-corrected chi connectivity index (χ4v) is 4.16. The maximum atomic E-state index is 13.0. The number of hydrogen-bond donors (Lipinski definition) is 0. The molecule has 178 valence electrons. The number of pyridine rings is 1. The Labute approximate surface area is 202 Å². The van der Waals surface area contributed by atoms with Crippen LogP contribution < -0.4 is 19.8 Å². The van der Waals surface area contributed by atoms with E-state index in [9.17, 15) is 9.59 Å². The van der Waals surface area contributed by atoms with E-state index < -0.39 is 0 Å². The first-order chi connectivity index (χ1) is 17.0. The molecule has 4 aromatic rings. The van der Waals surface area contributed by atoms with Gasteiger partial charge in [-0.05, 0) is 55.5 Å². The largest absolute Gasteiger partial charge is 0.497 e. The molecule has 0 radical (unpaired) electrons. The van der Waals surface area contributed by atoms with Gasteiger partial charge in [0.1, 0.15) is 28.7 Å². The normalized spacial score (nSPS) is 13.7. The fraction of sp³-hybridized carbons (Fsp3) is 0.222. The van der Waals surface area contributed by atoms with Gasteiger partial charge in [0.05, 0.1) is 12.5 Å². The van der Waals surface area contributed by atoms with E-state index in [0.717, 1.165) is 18.9 Å². The third-order valence-corrected chi connectivity index (χ3v) is 6.08. The van der Waals surface area contributed by atoms with Crippen molar-refractivity contribution in [2.45, 2.75) is 6.92 Å². The van der Waals surface area contributed by atoms with Gasteiger partial charge in [-0.3, -0.25) is 9.59 Å². The third-order valence-electron chi connectivity index (χ3n) is 6.08. The number of rotatable bonds is 5. The van der Waals surface area contributed by atoms with Crippen molar-refractivity contribution in [1.82, 2.24) is 9.88 Å². The van der Waals surface area contributed by atoms with Gasteiger partial charge in [-0.15, -0.1) is 0 Å². The van der Waals surface area contributed by atoms with Crippen LogP contribution in [0.15, 0.2) is 76.1 Å². The van der Waals surface area contributed by atoms with E-state index >= 15 is 0 Å². The number of ether oxygens (including phenoxy) is 2. The van der Waals surface area contributed by atoms with Crippen LogP contribution in [0.1, 0.15) is 16.1 Å². The first-order valence-corrected chi connectivity index (χ1v) is 11.4. The molecule has 0 bridgehead atoms. The molecule has 3 heterocycles. The van der Waals surface area contributed by atoms with Crippen molar-refractivity contribution in [1.29, 1.82) is 0 Å². The fourth-order valence-electron chi connectivity index (χ4n) is 4.16. The standard InChI is InChI=1S/C27H25N3O5/c1-18-26(25(31)22-11-10-21(33-2)17-23(22)34-18)35-20-8-6-19(7-9-20)27(32)30-15-13-29(14-16-30)24-5-3-4-12-28-24/h3-12,17H,13-16H2,1-2H3. The molecule has 0 unspecified atom stereocenters. The lowest BCUT2D eigenvalue weighted by atomic mass is 10.1. The highest BCUT2D eigenvalue weighted by Gasteiger charge is 2.23. The van der Waals surface area contributed by atoms with Crippen molar-refractivity contribution in [2.24, 2.45) is 0 Å². The molecule has 1 amide bonds. The minimum absolute atomic E-state index is 0.0347. The highest BCUT2D eigenvalue weighted by Crippen LogP contribution is 2.27. The number of benzene rings is 2. The SMILES string of the molecule is COc1ccc2c(=O)c(Oc3ccc(C(=O)N4CCN(c5ccccn5)CC4)cc3)c(C)oc2c1. The van der Waals surface area contributed by atoms with Crippen LogP contribution in [-0.2, 0) is 0 Å². The van der Waals surface area contributed by atoms with Crippen LogP contribution in [0, 0.1) is 6.92 Å². The van der Waals surface area contributed by atoms with E-state index in [1.165, 1.54) is 0 Å². The molecular weight excluding hydrogens is 446 g/mol. The molecule has 1 fully saturated rings. The summed E-state index contributed by atoms with van der Waals surface area (Å²) in [5, 5.41) is 0.406. The van der Waals surface area contributed by atoms with Crippen LogP contribution in [0.25, 0.3) is 11.0 Å². The van der Waals surface area contributed by atoms with E-state index in [2.05, 4.69) is 9.88 Å². The summed E-state index contributed by atoms with van der Waals surface area (Å²) in [6.07, 6.45) is 1.77. The number of aromatic nitrogens is 1. The van der Waals surface area contributed by atoms with Gasteiger partial charge in [-0.1, -0.05) is 6.07 Å². The first-order valence-electron chi connectivity index (χ1n) is 11.4. The minimum atomic E-state index is -0.266. The predicted molar refractivity (Wildman–Crippen MR) is 133 cm³/mol. The number of amides is 1. The Morgan fingerprint density at radius 3 is 2.40 bits per heavy atom. The van der Waals surface area contributed by atoms with E-state index in [1.807, 2.05) is 23.1 Å². The third kappa shape index (κ3) is 4.55. The van der Waals surface area contributed by atoms with Gasteiger partial charge in [0, 0.05) is 44.0 Å². The number of methoxy groups -OCH3 is 1. The Hall–Kier alpha value is -4.33. The summed E-state index contributed by atoms with van der Waals surface area (Å²) in [4.78, 5) is 34.4. The molecule has 1 aliphatic heterocycles. The molecule has 0 atom stereocenters. The van der Waals surface area contributed by atoms with Gasteiger partial charge in [0.15, 0.2) is 0 Å². The van der Waals surface area contributed by atoms with Gasteiger partial charge in [-0.25, -0.2) is 4.98 Å². The van der Waals surface area contributed by atoms with Crippen LogP contribution >= 0.6 is 0 Å². The Bertz CT molecular complexity index is 1410. The number of anilines is 1. The summed E-state index contributed by atoms with van der Waals surface area (Å²) in [7, 11) is 1.56. The predicted octanol–water partition coefficient (Wildman–Crippen LogP) is 4.26. The van der Waals surface area contributed by atoms with Gasteiger partial charge in [0.2, 0.25) is 11.2 Å². The number of hydrogen-bond acceptors (Lipinski definition) is 7. The molecule has 0 N–H and O–H groups in total. The van der Waals surface area contributed by atoms with Gasteiger partial charge < -0.3 is 23.7 Å². The minimum Gasteiger partial charge on any atom is -0.497 e. The molecule has 0 spiro atoms. The smallest absolute Gasteiger partial charge is 0.253 e. The van der Waals surface area contributed by atoms with Crippen LogP contribution in [0.2, 0.25) is 0 Å². The summed E-state index contributed by atoms with van der Waals surface area (Å²) in [6.45, 7) is 4.38. The molecule has 2 aromatic carbocycles. The second-order valence-electron chi connectivity index (χ2n) is 8.27. The zero-order valence-corrected chi connectivity index (χ0v) is 19.6. The van der Waals surface area contributed by atoms with Gasteiger partial charge in [-0.2, -0.15) is 0 Å². The summed E-state index contributed by atoms with van der Waals surface area (Å²) in [6, 6.07) is 17.7. The summed E-state index contributed by atoms with van der Waals surface area (Å²) in [5.41, 5.74) is 0.735. The van der Waals surface area contributed by atoms with Crippen molar-refractivity contribution in [2.75, 3.05) is 38.2 Å². The lowest BCUT2D eigenvalue weighted by Crippen LogP contribution is -2.49. The number of nitrogens with zero attached hydrogens (tertiary/aromatic N) is 3. The summed E-state index contributed by atoms with van der Waals surface area (Å²) >= 11 is 0. The van der Waals surface area contributed by atoms with Crippen LogP contribution in [-0.4, -0.2) is 49.1 Å². The molecule has 2 aromatic heterocycles. The monoisotopic (exact) mass is 471 g/mol. The quantitative estimate of drug-likeness (QED) is 0.430. The second-order valence-corrected chi connectivity index (χ2v) is 8.27. The lowest BCUT2D eigenvalue weighted by Gasteiger charge is -2.35. The zero-order chi connectivity index (χ0) is 24.4. The van der Waals surface area contributed by atoms with E-state index in [1.54, 1.807) is 62.7 Å². The van der Waals surface area contributed by atoms with Crippen LogP contribution in [0.3, 0.4) is 0 Å². The number of fused-ring (bicyclic) bond motifs is 1. The van der Waals surface area contributed by atoms with Gasteiger partial charge >= 0.3 is 0 Å². The second kappa shape index (κ2) is 9.50. The molecule has 8 heteroatoms. The molecule has 0 aliphatic carbocycles. The first kappa shape index (κ1) is 22.5. The average Bonchev–Trinajstić information content (AvgIpc) is 2.91. The molecule has 5 rings (SSSR count). The van der Waals surface area contributed by atoms with Crippen LogP contribution in [0.4, 0.5) is 5.82 Å². The number of aryl methyl sites for hydroxylation is 1. The van der Waals surface area contributed by atoms with E-state index in [-0.39, 0.29) is 17.1 Å². The van der Waals surface area contributed by atoms with Gasteiger partial charge in [0.25, 0.3) is 5.91 Å². The molecular formula is C27H25N3O5. The molecule has 8 nitrogen and oxygen atoms in total. The van der Waals surface area contributed by atoms with Crippen molar-refractivity contribution in [3.8, 4) is 17.2 Å². The topological polar surface area (TPSA) is 85.1 Å². The maximum Gasteiger partial charge on any atom is 0.253 e. The molecule has 1 saturated heterocycles. The van der Waals surface area contributed by atoms with Crippen molar-refractivity contribution in [3.05, 3.63) is 88.4 Å². The van der Waals surface area contributed by atoms with E-state index in [4.69, 9.17) is 13.9 Å².